The van der Waals surface area contributed by atoms with Crippen LogP contribution in [0, 0.1) is 0 Å². The van der Waals surface area contributed by atoms with Crippen LogP contribution in [0.1, 0.15) is 15.9 Å². The highest BCUT2D eigenvalue weighted by Gasteiger charge is 2.22. The third-order valence-corrected chi connectivity index (χ3v) is 4.30. The highest BCUT2D eigenvalue weighted by Crippen LogP contribution is 2.18. The van der Waals surface area contributed by atoms with E-state index in [0.29, 0.717) is 16.6 Å². The molecule has 1 atom stereocenters. The van der Waals surface area contributed by atoms with E-state index in [-0.39, 0.29) is 12.0 Å². The molecule has 0 saturated carbocycles. The minimum atomic E-state index is -1.15. The molecule has 0 bridgehead atoms. The molecule has 1 amide bonds. The summed E-state index contributed by atoms with van der Waals surface area (Å²) in [5.74, 6) is -1.62. The van der Waals surface area contributed by atoms with Crippen molar-refractivity contribution >= 4 is 22.8 Å². The van der Waals surface area contributed by atoms with Gasteiger partial charge in [0.1, 0.15) is 6.04 Å². The van der Waals surface area contributed by atoms with E-state index in [4.69, 9.17) is 0 Å². The number of aryl methyl sites for hydroxylation is 1. The molecule has 1 heterocycles. The van der Waals surface area contributed by atoms with Crippen LogP contribution in [0.5, 0.6) is 0 Å². The standard InChI is InChI=1S/C20H18N2O4/c1-22-17-10-6-5-9-15(17)14(12-18(22)23)11-16(20(25)26)21-19(24)13-7-3-2-4-8-13/h2-10,12,16H,11H2,1H3,(H,21,24)(H,25,26). The number of para-hydroxylation sites is 1. The summed E-state index contributed by atoms with van der Waals surface area (Å²) in [4.78, 5) is 36.1. The fourth-order valence-electron chi connectivity index (χ4n) is 2.90. The molecule has 3 rings (SSSR count). The van der Waals surface area contributed by atoms with Gasteiger partial charge in [0.15, 0.2) is 0 Å². The zero-order valence-corrected chi connectivity index (χ0v) is 14.2. The van der Waals surface area contributed by atoms with Crippen molar-refractivity contribution in [1.29, 1.82) is 0 Å². The molecule has 2 aromatic carbocycles. The summed E-state index contributed by atoms with van der Waals surface area (Å²) in [5, 5.41) is 12.8. The average Bonchev–Trinajstić information content (AvgIpc) is 2.65. The maximum absolute atomic E-state index is 12.3. The maximum atomic E-state index is 12.3. The van der Waals surface area contributed by atoms with E-state index in [1.165, 1.54) is 10.6 Å². The molecule has 6 heteroatoms. The predicted molar refractivity (Wildman–Crippen MR) is 98.2 cm³/mol. The largest absolute Gasteiger partial charge is 0.480 e. The van der Waals surface area contributed by atoms with Crippen molar-refractivity contribution in [2.75, 3.05) is 0 Å². The zero-order valence-electron chi connectivity index (χ0n) is 14.2. The van der Waals surface area contributed by atoms with Gasteiger partial charge in [-0.1, -0.05) is 36.4 Å². The smallest absolute Gasteiger partial charge is 0.326 e. The molecule has 0 fully saturated rings. The molecule has 3 aromatic rings. The number of carboxylic acid groups (broad SMARTS) is 1. The van der Waals surface area contributed by atoms with Gasteiger partial charge in [-0.05, 0) is 23.8 Å². The maximum Gasteiger partial charge on any atom is 0.326 e. The van der Waals surface area contributed by atoms with Crippen LogP contribution in [-0.2, 0) is 18.3 Å². The van der Waals surface area contributed by atoms with E-state index < -0.39 is 17.9 Å². The third kappa shape index (κ3) is 3.49. The molecule has 6 nitrogen and oxygen atoms in total. The van der Waals surface area contributed by atoms with E-state index >= 15 is 0 Å². The van der Waals surface area contributed by atoms with Crippen LogP contribution in [0.2, 0.25) is 0 Å². The highest BCUT2D eigenvalue weighted by molar-refractivity contribution is 5.96. The lowest BCUT2D eigenvalue weighted by Crippen LogP contribution is -2.42. The Morgan fingerprint density at radius 2 is 1.73 bits per heavy atom. The van der Waals surface area contributed by atoms with Crippen LogP contribution in [0.3, 0.4) is 0 Å². The van der Waals surface area contributed by atoms with Gasteiger partial charge in [0.25, 0.3) is 11.5 Å². The van der Waals surface area contributed by atoms with Crippen LogP contribution >= 0.6 is 0 Å². The molecule has 1 unspecified atom stereocenters. The monoisotopic (exact) mass is 350 g/mol. The normalized spacial score (nSPS) is 11.9. The van der Waals surface area contributed by atoms with Crippen LogP contribution in [0.15, 0.2) is 65.5 Å². The first-order valence-electron chi connectivity index (χ1n) is 8.13. The topological polar surface area (TPSA) is 88.4 Å². The van der Waals surface area contributed by atoms with Crippen LogP contribution in [-0.4, -0.2) is 27.6 Å². The van der Waals surface area contributed by atoms with Crippen molar-refractivity contribution in [2.45, 2.75) is 12.5 Å². The van der Waals surface area contributed by atoms with E-state index in [9.17, 15) is 19.5 Å². The minimum Gasteiger partial charge on any atom is -0.480 e. The molecule has 0 aliphatic carbocycles. The predicted octanol–water partition coefficient (Wildman–Crippen LogP) is 1.96. The second-order valence-electron chi connectivity index (χ2n) is 6.02. The Balaban J connectivity index is 1.93. The van der Waals surface area contributed by atoms with Gasteiger partial charge in [-0.15, -0.1) is 0 Å². The third-order valence-electron chi connectivity index (χ3n) is 4.30. The van der Waals surface area contributed by atoms with Crippen LogP contribution in [0.25, 0.3) is 10.9 Å². The Hall–Kier alpha value is -3.41. The van der Waals surface area contributed by atoms with Gasteiger partial charge in [-0.25, -0.2) is 4.79 Å². The van der Waals surface area contributed by atoms with Gasteiger partial charge in [-0.3, -0.25) is 9.59 Å². The van der Waals surface area contributed by atoms with Crippen molar-refractivity contribution < 1.29 is 14.7 Å². The van der Waals surface area contributed by atoms with Gasteiger partial charge in [-0.2, -0.15) is 0 Å². The number of aromatic nitrogens is 1. The number of carbonyl (C=O) groups is 2. The second kappa shape index (κ2) is 7.23. The Morgan fingerprint density at radius 1 is 1.08 bits per heavy atom. The Morgan fingerprint density at radius 3 is 2.42 bits per heavy atom. The highest BCUT2D eigenvalue weighted by atomic mass is 16.4. The molecule has 1 aromatic heterocycles. The van der Waals surface area contributed by atoms with Gasteiger partial charge in [0, 0.05) is 30.5 Å². The first kappa shape index (κ1) is 17.4. The van der Waals surface area contributed by atoms with Gasteiger partial charge in [0.05, 0.1) is 5.52 Å². The molecular formula is C20H18N2O4. The van der Waals surface area contributed by atoms with Crippen LogP contribution in [0.4, 0.5) is 0 Å². The number of amides is 1. The Bertz CT molecular complexity index is 1020. The second-order valence-corrected chi connectivity index (χ2v) is 6.02. The number of hydrogen-bond acceptors (Lipinski definition) is 3. The van der Waals surface area contributed by atoms with Gasteiger partial charge < -0.3 is 15.0 Å². The molecule has 0 aliphatic heterocycles. The molecular weight excluding hydrogens is 332 g/mol. The van der Waals surface area contributed by atoms with Crippen molar-refractivity contribution in [3.05, 3.63) is 82.1 Å². The van der Waals surface area contributed by atoms with Crippen molar-refractivity contribution in [2.24, 2.45) is 7.05 Å². The summed E-state index contributed by atoms with van der Waals surface area (Å²) in [6.07, 6.45) is 0.0184. The number of nitrogens with one attached hydrogen (secondary N) is 1. The number of rotatable bonds is 5. The summed E-state index contributed by atoms with van der Waals surface area (Å²) in [6, 6.07) is 16.0. The number of carboxylic acids is 1. The van der Waals surface area contributed by atoms with Crippen molar-refractivity contribution in [3.8, 4) is 0 Å². The quantitative estimate of drug-likeness (QED) is 0.736. The summed E-state index contributed by atoms with van der Waals surface area (Å²) in [7, 11) is 1.67. The molecule has 26 heavy (non-hydrogen) atoms. The number of pyridine rings is 1. The fraction of sp³-hybridized carbons (Fsp3) is 0.150. The molecule has 0 aliphatic rings. The van der Waals surface area contributed by atoms with Gasteiger partial charge in [0.2, 0.25) is 0 Å². The average molecular weight is 350 g/mol. The Kier molecular flexibility index (Phi) is 4.84. The zero-order chi connectivity index (χ0) is 18.7. The number of fused-ring (bicyclic) bond motifs is 1. The number of carbonyl (C=O) groups excluding carboxylic acids is 1. The molecule has 0 spiro atoms. The lowest BCUT2D eigenvalue weighted by molar-refractivity contribution is -0.139. The number of nitrogens with zero attached hydrogens (tertiary/aromatic N) is 1. The lowest BCUT2D eigenvalue weighted by atomic mass is 10.0. The van der Waals surface area contributed by atoms with E-state index in [1.807, 2.05) is 18.2 Å². The first-order chi connectivity index (χ1) is 12.5. The molecule has 0 radical (unpaired) electrons. The van der Waals surface area contributed by atoms with Crippen LogP contribution < -0.4 is 10.9 Å². The molecule has 0 saturated heterocycles. The Labute approximate surface area is 149 Å². The summed E-state index contributed by atoms with van der Waals surface area (Å²) in [6.45, 7) is 0. The van der Waals surface area contributed by atoms with Crippen molar-refractivity contribution in [3.63, 3.8) is 0 Å². The number of benzene rings is 2. The van der Waals surface area contributed by atoms with E-state index in [1.54, 1.807) is 43.4 Å². The number of aliphatic carboxylic acids is 1. The lowest BCUT2D eigenvalue weighted by Gasteiger charge is -2.17. The molecule has 2 N–H and O–H groups in total. The van der Waals surface area contributed by atoms with Gasteiger partial charge >= 0.3 is 5.97 Å². The van der Waals surface area contributed by atoms with E-state index in [2.05, 4.69) is 5.32 Å². The summed E-state index contributed by atoms with van der Waals surface area (Å²) in [5.41, 5.74) is 1.46. The summed E-state index contributed by atoms with van der Waals surface area (Å²) >= 11 is 0. The SMILES string of the molecule is Cn1c(=O)cc(CC(NC(=O)c2ccccc2)C(=O)O)c2ccccc21. The minimum absolute atomic E-state index is 0.0184. The van der Waals surface area contributed by atoms with Crippen molar-refractivity contribution in [1.82, 2.24) is 9.88 Å². The molecule has 132 valence electrons. The first-order valence-corrected chi connectivity index (χ1v) is 8.13. The fourth-order valence-corrected chi connectivity index (χ4v) is 2.90. The van der Waals surface area contributed by atoms with E-state index in [0.717, 1.165) is 5.39 Å². The summed E-state index contributed by atoms with van der Waals surface area (Å²) < 4.78 is 1.51. The number of hydrogen-bond donors (Lipinski definition) is 2.